The van der Waals surface area contributed by atoms with Gasteiger partial charge in [0, 0.05) is 0 Å². The molecule has 4 nitrogen and oxygen atoms in total. The lowest BCUT2D eigenvalue weighted by atomic mass is 10.4. The minimum absolute atomic E-state index is 0.465. The molecule has 0 radical (unpaired) electrons. The van der Waals surface area contributed by atoms with Crippen LogP contribution in [0.2, 0.25) is 0 Å². The Morgan fingerprint density at radius 1 is 1.80 bits per heavy atom. The first-order valence-corrected chi connectivity index (χ1v) is 4.46. The summed E-state index contributed by atoms with van der Waals surface area (Å²) >= 11 is 0. The van der Waals surface area contributed by atoms with Crippen LogP contribution in [-0.2, 0) is 9.36 Å². The number of carboxylic acids is 1. The number of hydrogen-bond donors (Lipinski definition) is 2. The molecule has 0 fully saturated rings. The predicted molar refractivity (Wildman–Crippen MR) is 38.4 cm³/mol. The summed E-state index contributed by atoms with van der Waals surface area (Å²) in [5.41, 5.74) is 0. The molecule has 2 N–H and O–H groups in total. The van der Waals surface area contributed by atoms with Crippen LogP contribution in [0.15, 0.2) is 0 Å². The van der Waals surface area contributed by atoms with Crippen LogP contribution in [0.25, 0.3) is 0 Å². The Labute approximate surface area is 60.5 Å². The molecule has 0 aromatic rings. The van der Waals surface area contributed by atoms with E-state index in [1.54, 1.807) is 6.92 Å². The van der Waals surface area contributed by atoms with Gasteiger partial charge in [0.2, 0.25) is 0 Å². The number of hydrogen-bond acceptors (Lipinski definition) is 2. The van der Waals surface area contributed by atoms with Gasteiger partial charge in [-0.05, 0) is 13.8 Å². The van der Waals surface area contributed by atoms with Crippen LogP contribution < -0.4 is 5.09 Å². The SMILES string of the molecule is CC[P+](=O)N[C@H](C)C(=O)O. The molecule has 0 aromatic heterocycles. The van der Waals surface area contributed by atoms with Crippen molar-refractivity contribution in [3.63, 3.8) is 0 Å². The van der Waals surface area contributed by atoms with Crippen LogP contribution in [-0.4, -0.2) is 23.3 Å². The number of rotatable bonds is 4. The zero-order chi connectivity index (χ0) is 8.15. The molecule has 0 aliphatic heterocycles. The summed E-state index contributed by atoms with van der Waals surface area (Å²) in [7, 11) is -1.53. The molecule has 0 aliphatic rings. The summed E-state index contributed by atoms with van der Waals surface area (Å²) in [6.07, 6.45) is 0.465. The lowest BCUT2D eigenvalue weighted by Gasteiger charge is -1.96. The Morgan fingerprint density at radius 2 is 2.30 bits per heavy atom. The quantitative estimate of drug-likeness (QED) is 0.603. The number of carboxylic acid groups (broad SMARTS) is 1. The molecular formula is C5H11NO3P+. The van der Waals surface area contributed by atoms with E-state index in [1.165, 1.54) is 6.92 Å². The van der Waals surface area contributed by atoms with Crippen molar-refractivity contribution in [2.75, 3.05) is 6.16 Å². The molecule has 5 heteroatoms. The molecule has 2 atom stereocenters. The number of carbonyl (C=O) groups is 1. The van der Waals surface area contributed by atoms with Gasteiger partial charge >= 0.3 is 13.9 Å². The largest absolute Gasteiger partial charge is 0.480 e. The summed E-state index contributed by atoms with van der Waals surface area (Å²) in [6, 6.07) is -0.719. The van der Waals surface area contributed by atoms with Crippen molar-refractivity contribution in [2.45, 2.75) is 19.9 Å². The average Bonchev–Trinajstić information content (AvgIpc) is 1.87. The van der Waals surface area contributed by atoms with E-state index in [4.69, 9.17) is 5.11 Å². The molecule has 0 spiro atoms. The van der Waals surface area contributed by atoms with Crippen LogP contribution >= 0.6 is 7.95 Å². The molecule has 0 rings (SSSR count). The molecule has 10 heavy (non-hydrogen) atoms. The molecule has 0 aliphatic carbocycles. The van der Waals surface area contributed by atoms with Crippen LogP contribution in [0, 0.1) is 0 Å². The van der Waals surface area contributed by atoms with E-state index in [2.05, 4.69) is 5.09 Å². The standard InChI is InChI=1S/C5H10NO3P/c1-3-10(9)6-4(2)5(7)8/h4H,3H2,1-2H3,(H-,6,7,8,9)/p+1/t4-/m1/s1. The van der Waals surface area contributed by atoms with E-state index in [9.17, 15) is 9.36 Å². The van der Waals surface area contributed by atoms with Crippen molar-refractivity contribution in [3.8, 4) is 0 Å². The van der Waals surface area contributed by atoms with Gasteiger partial charge in [-0.25, -0.2) is 0 Å². The van der Waals surface area contributed by atoms with Gasteiger partial charge in [-0.3, -0.25) is 4.79 Å². The van der Waals surface area contributed by atoms with Gasteiger partial charge in [-0.2, -0.15) is 0 Å². The van der Waals surface area contributed by atoms with Crippen molar-refractivity contribution in [2.24, 2.45) is 0 Å². The van der Waals surface area contributed by atoms with Crippen molar-refractivity contribution < 1.29 is 14.5 Å². The first-order valence-electron chi connectivity index (χ1n) is 3.01. The maximum Gasteiger partial charge on any atom is 0.432 e. The van der Waals surface area contributed by atoms with Crippen LogP contribution in [0.3, 0.4) is 0 Å². The lowest BCUT2D eigenvalue weighted by molar-refractivity contribution is -0.138. The molecule has 0 bridgehead atoms. The maximum absolute atomic E-state index is 10.7. The third-order valence-electron chi connectivity index (χ3n) is 0.995. The van der Waals surface area contributed by atoms with Gasteiger partial charge < -0.3 is 5.11 Å². The van der Waals surface area contributed by atoms with Gasteiger partial charge in [-0.1, -0.05) is 9.65 Å². The first kappa shape index (κ1) is 9.53. The molecule has 1 unspecified atom stereocenters. The summed E-state index contributed by atoms with van der Waals surface area (Å²) in [5, 5.41) is 10.8. The van der Waals surface area contributed by atoms with E-state index >= 15 is 0 Å². The van der Waals surface area contributed by atoms with Gasteiger partial charge in [-0.15, -0.1) is 0 Å². The Bertz CT molecular complexity index is 148. The fourth-order valence-corrected chi connectivity index (χ4v) is 1.09. The molecule has 0 saturated heterocycles. The zero-order valence-corrected chi connectivity index (χ0v) is 6.89. The minimum Gasteiger partial charge on any atom is -0.480 e. The highest BCUT2D eigenvalue weighted by atomic mass is 31.1. The van der Waals surface area contributed by atoms with Crippen molar-refractivity contribution in [3.05, 3.63) is 0 Å². The lowest BCUT2D eigenvalue weighted by Crippen LogP contribution is -2.28. The van der Waals surface area contributed by atoms with Gasteiger partial charge in [0.15, 0.2) is 6.16 Å². The smallest absolute Gasteiger partial charge is 0.432 e. The fourth-order valence-electron chi connectivity index (χ4n) is 0.362. The third-order valence-corrected chi connectivity index (χ3v) is 2.24. The second kappa shape index (κ2) is 4.36. The topological polar surface area (TPSA) is 66.4 Å². The third kappa shape index (κ3) is 3.54. The number of aliphatic carboxylic acids is 1. The molecule has 0 amide bonds. The Balaban J connectivity index is 3.68. The summed E-state index contributed by atoms with van der Waals surface area (Å²) in [5.74, 6) is -0.975. The zero-order valence-electron chi connectivity index (χ0n) is 6.00. The Hall–Kier alpha value is -0.470. The number of nitrogens with one attached hydrogen (secondary N) is 1. The van der Waals surface area contributed by atoms with Crippen molar-refractivity contribution in [1.29, 1.82) is 0 Å². The van der Waals surface area contributed by atoms with E-state index in [1.807, 2.05) is 0 Å². The van der Waals surface area contributed by atoms with Gasteiger partial charge in [0.1, 0.15) is 6.04 Å². The van der Waals surface area contributed by atoms with Crippen LogP contribution in [0.1, 0.15) is 13.8 Å². The summed E-state index contributed by atoms with van der Waals surface area (Å²) in [6.45, 7) is 3.20. The second-order valence-corrected chi connectivity index (χ2v) is 3.53. The van der Waals surface area contributed by atoms with Gasteiger partial charge in [0.05, 0.1) is 0 Å². The van der Waals surface area contributed by atoms with Crippen molar-refractivity contribution in [1.82, 2.24) is 5.09 Å². The molecule has 0 heterocycles. The van der Waals surface area contributed by atoms with Crippen LogP contribution in [0.5, 0.6) is 0 Å². The van der Waals surface area contributed by atoms with Crippen LogP contribution in [0.4, 0.5) is 0 Å². The Morgan fingerprint density at radius 3 is 2.60 bits per heavy atom. The fraction of sp³-hybridized carbons (Fsp3) is 0.800. The molecular weight excluding hydrogens is 153 g/mol. The maximum atomic E-state index is 10.7. The Kier molecular flexibility index (Phi) is 4.16. The van der Waals surface area contributed by atoms with Gasteiger partial charge in [0.25, 0.3) is 0 Å². The molecule has 0 saturated carbocycles. The highest BCUT2D eigenvalue weighted by molar-refractivity contribution is 7.42. The predicted octanol–water partition coefficient (Wildman–Crippen LogP) is 0.811. The van der Waals surface area contributed by atoms with E-state index in [-0.39, 0.29) is 0 Å². The summed E-state index contributed by atoms with van der Waals surface area (Å²) < 4.78 is 10.7. The normalized spacial score (nSPS) is 14.4. The molecule has 58 valence electrons. The van der Waals surface area contributed by atoms with Crippen molar-refractivity contribution >= 4 is 13.9 Å². The van der Waals surface area contributed by atoms with E-state index in [0.717, 1.165) is 0 Å². The second-order valence-electron chi connectivity index (χ2n) is 1.88. The van der Waals surface area contributed by atoms with E-state index < -0.39 is 20.0 Å². The summed E-state index contributed by atoms with van der Waals surface area (Å²) in [4.78, 5) is 10.2. The molecule has 0 aromatic carbocycles. The first-order chi connectivity index (χ1) is 4.57. The highest BCUT2D eigenvalue weighted by Gasteiger charge is 2.20. The average molecular weight is 164 g/mol. The highest BCUT2D eigenvalue weighted by Crippen LogP contribution is 2.13. The van der Waals surface area contributed by atoms with E-state index in [0.29, 0.717) is 6.16 Å². The minimum atomic E-state index is -1.53. The monoisotopic (exact) mass is 164 g/mol.